The molecule has 2 aromatic rings. The molecular weight excluding hydrogens is 285 g/mol. The SMILES string of the molecule is Cc1cc(OCc2occc2C(=O)O)c(F)cc1[N+](=O)[O-]. The van der Waals surface area contributed by atoms with Crippen LogP contribution in [0, 0.1) is 22.9 Å². The molecule has 21 heavy (non-hydrogen) atoms. The molecule has 0 radical (unpaired) electrons. The number of carbonyl (C=O) groups is 1. The number of carboxylic acids is 1. The molecule has 0 saturated heterocycles. The molecule has 0 amide bonds. The molecule has 7 nitrogen and oxygen atoms in total. The van der Waals surface area contributed by atoms with Crippen molar-refractivity contribution < 1.29 is 28.4 Å². The predicted molar refractivity (Wildman–Crippen MR) is 67.8 cm³/mol. The van der Waals surface area contributed by atoms with E-state index in [-0.39, 0.29) is 34.9 Å². The van der Waals surface area contributed by atoms with Crippen molar-refractivity contribution in [2.75, 3.05) is 0 Å². The average molecular weight is 295 g/mol. The second-order valence-corrected chi connectivity index (χ2v) is 4.18. The van der Waals surface area contributed by atoms with Crippen LogP contribution in [0.15, 0.2) is 28.9 Å². The van der Waals surface area contributed by atoms with Crippen LogP contribution >= 0.6 is 0 Å². The monoisotopic (exact) mass is 295 g/mol. The summed E-state index contributed by atoms with van der Waals surface area (Å²) in [6, 6.07) is 3.18. The highest BCUT2D eigenvalue weighted by Crippen LogP contribution is 2.27. The van der Waals surface area contributed by atoms with Gasteiger partial charge in [0, 0.05) is 5.56 Å². The summed E-state index contributed by atoms with van der Waals surface area (Å²) in [5.41, 5.74) is -0.215. The maximum absolute atomic E-state index is 13.7. The first-order chi connectivity index (χ1) is 9.90. The second-order valence-electron chi connectivity index (χ2n) is 4.18. The smallest absolute Gasteiger partial charge is 0.339 e. The zero-order chi connectivity index (χ0) is 15.6. The number of rotatable bonds is 5. The first-order valence-corrected chi connectivity index (χ1v) is 5.77. The third-order valence-corrected chi connectivity index (χ3v) is 2.78. The summed E-state index contributed by atoms with van der Waals surface area (Å²) < 4.78 is 23.8. The molecule has 1 N–H and O–H groups in total. The number of hydrogen-bond acceptors (Lipinski definition) is 5. The van der Waals surface area contributed by atoms with Crippen molar-refractivity contribution in [1.29, 1.82) is 0 Å². The Balaban J connectivity index is 2.21. The molecule has 1 aromatic heterocycles. The maximum Gasteiger partial charge on any atom is 0.339 e. The maximum atomic E-state index is 13.7. The van der Waals surface area contributed by atoms with Gasteiger partial charge in [-0.15, -0.1) is 0 Å². The molecule has 0 bridgehead atoms. The second kappa shape index (κ2) is 5.61. The van der Waals surface area contributed by atoms with Crippen molar-refractivity contribution in [2.24, 2.45) is 0 Å². The molecule has 110 valence electrons. The number of aromatic carboxylic acids is 1. The van der Waals surface area contributed by atoms with Crippen LogP contribution in [0.3, 0.4) is 0 Å². The number of carboxylic acid groups (broad SMARTS) is 1. The summed E-state index contributed by atoms with van der Waals surface area (Å²) in [6.07, 6.45) is 1.18. The number of nitro benzene ring substituents is 1. The number of ether oxygens (including phenoxy) is 1. The van der Waals surface area contributed by atoms with Gasteiger partial charge in [-0.05, 0) is 19.1 Å². The number of halogens is 1. The van der Waals surface area contributed by atoms with Gasteiger partial charge in [-0.25, -0.2) is 9.18 Å². The van der Waals surface area contributed by atoms with Gasteiger partial charge >= 0.3 is 5.97 Å². The van der Waals surface area contributed by atoms with Crippen molar-refractivity contribution in [3.8, 4) is 5.75 Å². The Morgan fingerprint density at radius 2 is 2.24 bits per heavy atom. The topological polar surface area (TPSA) is 103 Å². The van der Waals surface area contributed by atoms with E-state index in [1.165, 1.54) is 25.3 Å². The van der Waals surface area contributed by atoms with Crippen molar-refractivity contribution >= 4 is 11.7 Å². The Morgan fingerprint density at radius 3 is 2.86 bits per heavy atom. The standard InChI is InChI=1S/C13H10FNO6/c1-7-4-11(9(14)5-10(7)15(18)19)21-6-12-8(13(16)17)2-3-20-12/h2-5H,6H2,1H3,(H,16,17). The van der Waals surface area contributed by atoms with E-state index in [2.05, 4.69) is 0 Å². The van der Waals surface area contributed by atoms with Gasteiger partial charge in [0.25, 0.3) is 5.69 Å². The third-order valence-electron chi connectivity index (χ3n) is 2.78. The normalized spacial score (nSPS) is 10.4. The molecule has 1 aromatic carbocycles. The molecule has 0 spiro atoms. The zero-order valence-corrected chi connectivity index (χ0v) is 10.8. The minimum atomic E-state index is -1.19. The lowest BCUT2D eigenvalue weighted by molar-refractivity contribution is -0.385. The van der Waals surface area contributed by atoms with Gasteiger partial charge in [0.2, 0.25) is 0 Å². The first-order valence-electron chi connectivity index (χ1n) is 5.77. The van der Waals surface area contributed by atoms with Crippen molar-refractivity contribution in [3.63, 3.8) is 0 Å². The van der Waals surface area contributed by atoms with Gasteiger partial charge in [0.1, 0.15) is 12.2 Å². The van der Waals surface area contributed by atoms with Crippen molar-refractivity contribution in [1.82, 2.24) is 0 Å². The van der Waals surface area contributed by atoms with Crippen LogP contribution < -0.4 is 4.74 Å². The fourth-order valence-electron chi connectivity index (χ4n) is 1.74. The van der Waals surface area contributed by atoms with E-state index in [4.69, 9.17) is 14.3 Å². The number of nitro groups is 1. The van der Waals surface area contributed by atoms with Crippen LogP contribution in [0.25, 0.3) is 0 Å². The highest BCUT2D eigenvalue weighted by atomic mass is 19.1. The van der Waals surface area contributed by atoms with E-state index in [1.807, 2.05) is 0 Å². The van der Waals surface area contributed by atoms with Crippen LogP contribution in [0.4, 0.5) is 10.1 Å². The van der Waals surface area contributed by atoms with E-state index < -0.39 is 16.7 Å². The fraction of sp³-hybridized carbons (Fsp3) is 0.154. The molecule has 0 fully saturated rings. The molecule has 2 rings (SSSR count). The van der Waals surface area contributed by atoms with Crippen LogP contribution in [-0.4, -0.2) is 16.0 Å². The van der Waals surface area contributed by atoms with Crippen LogP contribution in [0.1, 0.15) is 21.7 Å². The Hall–Kier alpha value is -2.90. The summed E-state index contributed by atoms with van der Waals surface area (Å²) in [5.74, 6) is -2.29. The van der Waals surface area contributed by atoms with Gasteiger partial charge in [-0.1, -0.05) is 0 Å². The molecule has 8 heteroatoms. The molecule has 0 aliphatic rings. The minimum Gasteiger partial charge on any atom is -0.483 e. The van der Waals surface area contributed by atoms with Gasteiger partial charge in [-0.2, -0.15) is 0 Å². The van der Waals surface area contributed by atoms with Crippen LogP contribution in [-0.2, 0) is 6.61 Å². The summed E-state index contributed by atoms with van der Waals surface area (Å²) in [5, 5.41) is 19.6. The molecule has 0 saturated carbocycles. The van der Waals surface area contributed by atoms with Gasteiger partial charge in [0.15, 0.2) is 17.3 Å². The van der Waals surface area contributed by atoms with Gasteiger partial charge < -0.3 is 14.3 Å². The number of furan rings is 1. The first kappa shape index (κ1) is 14.5. The lowest BCUT2D eigenvalue weighted by atomic mass is 10.2. The summed E-state index contributed by atoms with van der Waals surface area (Å²) in [6.45, 7) is 1.14. The van der Waals surface area contributed by atoms with E-state index in [9.17, 15) is 19.3 Å². The van der Waals surface area contributed by atoms with Crippen molar-refractivity contribution in [3.05, 3.63) is 57.3 Å². The van der Waals surface area contributed by atoms with Crippen LogP contribution in [0.2, 0.25) is 0 Å². The molecule has 0 aliphatic carbocycles. The van der Waals surface area contributed by atoms with E-state index in [1.54, 1.807) is 0 Å². The molecule has 0 atom stereocenters. The van der Waals surface area contributed by atoms with Gasteiger partial charge in [-0.3, -0.25) is 10.1 Å². The number of benzene rings is 1. The Kier molecular flexibility index (Phi) is 3.88. The van der Waals surface area contributed by atoms with Crippen LogP contribution in [0.5, 0.6) is 5.75 Å². The molecule has 1 heterocycles. The van der Waals surface area contributed by atoms with E-state index in [0.29, 0.717) is 0 Å². The Labute approximate surface area is 117 Å². The number of hydrogen-bond donors (Lipinski definition) is 1. The predicted octanol–water partition coefficient (Wildman–Crippen LogP) is 2.91. The molecule has 0 aliphatic heterocycles. The molecular formula is C13H10FNO6. The van der Waals surface area contributed by atoms with Crippen molar-refractivity contribution in [2.45, 2.75) is 13.5 Å². The fourth-order valence-corrected chi connectivity index (χ4v) is 1.74. The average Bonchev–Trinajstić information content (AvgIpc) is 2.87. The Bertz CT molecular complexity index is 709. The zero-order valence-electron chi connectivity index (χ0n) is 10.8. The van der Waals surface area contributed by atoms with E-state index >= 15 is 0 Å². The minimum absolute atomic E-state index is 0.0258. The summed E-state index contributed by atoms with van der Waals surface area (Å²) >= 11 is 0. The summed E-state index contributed by atoms with van der Waals surface area (Å²) in [7, 11) is 0. The molecule has 0 unspecified atom stereocenters. The lowest BCUT2D eigenvalue weighted by Crippen LogP contribution is -2.04. The summed E-state index contributed by atoms with van der Waals surface area (Å²) in [4.78, 5) is 20.8. The van der Waals surface area contributed by atoms with Gasteiger partial charge in [0.05, 0.1) is 17.3 Å². The number of aryl methyl sites for hydroxylation is 1. The largest absolute Gasteiger partial charge is 0.483 e. The quantitative estimate of drug-likeness (QED) is 0.672. The highest BCUT2D eigenvalue weighted by molar-refractivity contribution is 5.88. The van der Waals surface area contributed by atoms with E-state index in [0.717, 1.165) is 6.07 Å². The Morgan fingerprint density at radius 1 is 1.52 bits per heavy atom. The third kappa shape index (κ3) is 2.99. The lowest BCUT2D eigenvalue weighted by Gasteiger charge is -2.07. The number of nitrogens with zero attached hydrogens (tertiary/aromatic N) is 1. The highest BCUT2D eigenvalue weighted by Gasteiger charge is 2.18.